The van der Waals surface area contributed by atoms with Crippen LogP contribution in [0.2, 0.25) is 0 Å². The van der Waals surface area contributed by atoms with Gasteiger partial charge < -0.3 is 14.8 Å². The van der Waals surface area contributed by atoms with Gasteiger partial charge in [0.2, 0.25) is 0 Å². The highest BCUT2D eigenvalue weighted by molar-refractivity contribution is 5.77. The number of hydrogen-bond acceptors (Lipinski definition) is 4. The van der Waals surface area contributed by atoms with E-state index in [1.54, 1.807) is 0 Å². The lowest BCUT2D eigenvalue weighted by atomic mass is 10.4. The molecule has 5 heteroatoms. The van der Waals surface area contributed by atoms with Gasteiger partial charge in [0.15, 0.2) is 0 Å². The molecular weight excluding hydrogens is 198 g/mol. The Bertz CT molecular complexity index is 194. The van der Waals surface area contributed by atoms with E-state index < -0.39 is 12.1 Å². The van der Waals surface area contributed by atoms with Crippen LogP contribution in [-0.2, 0) is 14.3 Å². The van der Waals surface area contributed by atoms with Crippen LogP contribution in [0.4, 0.5) is 4.79 Å². The molecule has 5 nitrogen and oxygen atoms in total. The van der Waals surface area contributed by atoms with Crippen LogP contribution in [0.15, 0.2) is 0 Å². The Morgan fingerprint density at radius 3 is 2.40 bits per heavy atom. The Balaban J connectivity index is 3.40. The highest BCUT2D eigenvalue weighted by Crippen LogP contribution is 1.88. The van der Waals surface area contributed by atoms with Crippen molar-refractivity contribution in [1.82, 2.24) is 5.32 Å². The van der Waals surface area contributed by atoms with Crippen molar-refractivity contribution in [1.29, 1.82) is 0 Å². The topological polar surface area (TPSA) is 64.6 Å². The third-order valence-corrected chi connectivity index (χ3v) is 1.58. The fourth-order valence-corrected chi connectivity index (χ4v) is 0.772. The third-order valence-electron chi connectivity index (χ3n) is 1.58. The molecule has 0 heterocycles. The molecule has 0 aromatic heterocycles. The molecule has 0 aliphatic rings. The summed E-state index contributed by atoms with van der Waals surface area (Å²) in [5, 5.41) is 2.31. The van der Waals surface area contributed by atoms with Crippen molar-refractivity contribution in [3.8, 4) is 0 Å². The molecular formula is C10H19NO4. The number of rotatable bonds is 7. The molecule has 88 valence electrons. The van der Waals surface area contributed by atoms with E-state index in [0.29, 0.717) is 13.2 Å². The van der Waals surface area contributed by atoms with Crippen LogP contribution in [0.3, 0.4) is 0 Å². The number of amides is 1. The maximum absolute atomic E-state index is 11.0. The molecule has 1 N–H and O–H groups in total. The zero-order chi connectivity index (χ0) is 11.5. The van der Waals surface area contributed by atoms with E-state index in [4.69, 9.17) is 9.47 Å². The lowest BCUT2D eigenvalue weighted by Crippen LogP contribution is -2.31. The first kappa shape index (κ1) is 13.7. The van der Waals surface area contributed by atoms with Crippen molar-refractivity contribution in [3.05, 3.63) is 0 Å². The van der Waals surface area contributed by atoms with Crippen molar-refractivity contribution in [3.63, 3.8) is 0 Å². The molecule has 0 radical (unpaired) electrons. The lowest BCUT2D eigenvalue weighted by molar-refractivity contribution is -0.142. The molecule has 0 saturated carbocycles. The van der Waals surface area contributed by atoms with E-state index in [9.17, 15) is 9.59 Å². The molecule has 0 spiro atoms. The van der Waals surface area contributed by atoms with Gasteiger partial charge in [-0.25, -0.2) is 4.79 Å². The zero-order valence-electron chi connectivity index (χ0n) is 9.38. The number of carbonyl (C=O) groups is 2. The number of alkyl carbamates (subject to hydrolysis) is 1. The molecule has 0 aromatic rings. The second kappa shape index (κ2) is 9.30. The molecule has 0 aromatic carbocycles. The van der Waals surface area contributed by atoms with Crippen molar-refractivity contribution in [2.24, 2.45) is 0 Å². The van der Waals surface area contributed by atoms with E-state index in [-0.39, 0.29) is 6.54 Å². The van der Waals surface area contributed by atoms with Crippen molar-refractivity contribution >= 4 is 12.1 Å². The van der Waals surface area contributed by atoms with Gasteiger partial charge in [-0.2, -0.15) is 0 Å². The molecule has 0 fully saturated rings. The summed E-state index contributed by atoms with van der Waals surface area (Å²) < 4.78 is 9.54. The van der Waals surface area contributed by atoms with Gasteiger partial charge in [-0.15, -0.1) is 0 Å². The second-order valence-corrected chi connectivity index (χ2v) is 3.06. The summed E-state index contributed by atoms with van der Waals surface area (Å²) in [7, 11) is 0. The predicted octanol–water partition coefficient (Wildman–Crippen LogP) is 1.47. The number of nitrogens with one attached hydrogen (secondary N) is 1. The van der Waals surface area contributed by atoms with E-state index in [0.717, 1.165) is 19.3 Å². The van der Waals surface area contributed by atoms with Gasteiger partial charge in [0, 0.05) is 0 Å². The summed E-state index contributed by atoms with van der Waals surface area (Å²) in [6.07, 6.45) is 1.99. The van der Waals surface area contributed by atoms with Crippen LogP contribution in [-0.4, -0.2) is 31.8 Å². The molecule has 0 rings (SSSR count). The van der Waals surface area contributed by atoms with Crippen LogP contribution in [0, 0.1) is 0 Å². The summed E-state index contributed by atoms with van der Waals surface area (Å²) in [4.78, 5) is 21.9. The smallest absolute Gasteiger partial charge is 0.407 e. The normalized spacial score (nSPS) is 9.47. The summed E-state index contributed by atoms with van der Waals surface area (Å²) in [5.74, 6) is -0.440. The number of carbonyl (C=O) groups excluding carboxylic acids is 2. The van der Waals surface area contributed by atoms with Crippen LogP contribution >= 0.6 is 0 Å². The summed E-state index contributed by atoms with van der Waals surface area (Å²) in [6, 6.07) is 0. The molecule has 0 aliphatic carbocycles. The van der Waals surface area contributed by atoms with Gasteiger partial charge in [0.1, 0.15) is 6.54 Å². The number of hydrogen-bond donors (Lipinski definition) is 1. The van der Waals surface area contributed by atoms with Crippen molar-refractivity contribution in [2.45, 2.75) is 33.1 Å². The fourth-order valence-electron chi connectivity index (χ4n) is 0.772. The van der Waals surface area contributed by atoms with E-state index in [1.807, 2.05) is 13.8 Å². The Morgan fingerprint density at radius 1 is 1.07 bits per heavy atom. The Labute approximate surface area is 90.1 Å². The van der Waals surface area contributed by atoms with Gasteiger partial charge in [-0.1, -0.05) is 20.3 Å². The first-order valence-electron chi connectivity index (χ1n) is 5.27. The number of esters is 1. The number of unbranched alkanes of at least 4 members (excludes halogenated alkanes) is 1. The summed E-state index contributed by atoms with van der Waals surface area (Å²) >= 11 is 0. The average Bonchev–Trinajstić information content (AvgIpc) is 2.24. The molecule has 0 saturated heterocycles. The van der Waals surface area contributed by atoms with Crippen LogP contribution in [0.1, 0.15) is 33.1 Å². The molecule has 0 atom stereocenters. The first-order valence-corrected chi connectivity index (χ1v) is 5.27. The first-order chi connectivity index (χ1) is 7.20. The third kappa shape index (κ3) is 9.05. The maximum atomic E-state index is 11.0. The SMILES string of the molecule is CCCCOC(=O)NCC(=O)OCCC. The van der Waals surface area contributed by atoms with Crippen LogP contribution < -0.4 is 5.32 Å². The minimum absolute atomic E-state index is 0.134. The van der Waals surface area contributed by atoms with Crippen molar-refractivity contribution < 1.29 is 19.1 Å². The fraction of sp³-hybridized carbons (Fsp3) is 0.800. The largest absolute Gasteiger partial charge is 0.464 e. The van der Waals surface area contributed by atoms with E-state index in [1.165, 1.54) is 0 Å². The van der Waals surface area contributed by atoms with Crippen LogP contribution in [0.5, 0.6) is 0 Å². The van der Waals surface area contributed by atoms with Crippen molar-refractivity contribution in [2.75, 3.05) is 19.8 Å². The number of ether oxygens (including phenoxy) is 2. The zero-order valence-corrected chi connectivity index (χ0v) is 9.38. The molecule has 1 amide bonds. The monoisotopic (exact) mass is 217 g/mol. The van der Waals surface area contributed by atoms with Gasteiger partial charge >= 0.3 is 12.1 Å². The second-order valence-electron chi connectivity index (χ2n) is 3.06. The standard InChI is InChI=1S/C10H19NO4/c1-3-5-7-15-10(13)11-8-9(12)14-6-4-2/h3-8H2,1-2H3,(H,11,13). The highest BCUT2D eigenvalue weighted by atomic mass is 16.6. The van der Waals surface area contributed by atoms with Gasteiger partial charge in [0.05, 0.1) is 13.2 Å². The molecule has 15 heavy (non-hydrogen) atoms. The van der Waals surface area contributed by atoms with Gasteiger partial charge in [-0.05, 0) is 12.8 Å². The summed E-state index contributed by atoms with van der Waals surface area (Å²) in [6.45, 7) is 4.53. The van der Waals surface area contributed by atoms with E-state index in [2.05, 4.69) is 5.32 Å². The average molecular weight is 217 g/mol. The lowest BCUT2D eigenvalue weighted by Gasteiger charge is -2.06. The minimum Gasteiger partial charge on any atom is -0.464 e. The van der Waals surface area contributed by atoms with Gasteiger partial charge in [0.25, 0.3) is 0 Å². The Kier molecular flexibility index (Phi) is 8.52. The molecule has 0 aliphatic heterocycles. The molecule has 0 bridgehead atoms. The van der Waals surface area contributed by atoms with Crippen LogP contribution in [0.25, 0.3) is 0 Å². The predicted molar refractivity (Wildman–Crippen MR) is 55.5 cm³/mol. The summed E-state index contributed by atoms with van der Waals surface area (Å²) in [5.41, 5.74) is 0. The van der Waals surface area contributed by atoms with Gasteiger partial charge in [-0.3, -0.25) is 4.79 Å². The van der Waals surface area contributed by atoms with E-state index >= 15 is 0 Å². The molecule has 0 unspecified atom stereocenters. The Morgan fingerprint density at radius 2 is 1.80 bits per heavy atom. The Hall–Kier alpha value is -1.26. The quantitative estimate of drug-likeness (QED) is 0.518. The maximum Gasteiger partial charge on any atom is 0.407 e. The minimum atomic E-state index is -0.572. The highest BCUT2D eigenvalue weighted by Gasteiger charge is 2.06.